The fourth-order valence-corrected chi connectivity index (χ4v) is 2.17. The van der Waals surface area contributed by atoms with Crippen molar-refractivity contribution >= 4 is 11.6 Å². The van der Waals surface area contributed by atoms with Crippen molar-refractivity contribution in [2.24, 2.45) is 0 Å². The van der Waals surface area contributed by atoms with E-state index in [2.05, 4.69) is 5.32 Å². The number of hydrogen-bond acceptors (Lipinski definition) is 4. The molecular formula is C16H26ClNO3. The number of rotatable bonds is 12. The minimum absolute atomic E-state index is 0.273. The van der Waals surface area contributed by atoms with E-state index in [1.807, 2.05) is 18.2 Å². The van der Waals surface area contributed by atoms with Crippen molar-refractivity contribution in [3.8, 4) is 5.75 Å². The molecule has 0 radical (unpaired) electrons. The van der Waals surface area contributed by atoms with Crippen molar-refractivity contribution in [3.05, 3.63) is 28.8 Å². The van der Waals surface area contributed by atoms with Crippen LogP contribution in [0.4, 0.5) is 0 Å². The predicted molar refractivity (Wildman–Crippen MR) is 86.1 cm³/mol. The summed E-state index contributed by atoms with van der Waals surface area (Å²) in [4.78, 5) is 0. The molecular weight excluding hydrogens is 290 g/mol. The molecule has 0 bridgehead atoms. The molecule has 0 aliphatic heterocycles. The number of aliphatic hydroxyl groups is 1. The highest BCUT2D eigenvalue weighted by Gasteiger charge is 2.05. The molecule has 0 aromatic heterocycles. The van der Waals surface area contributed by atoms with Gasteiger partial charge in [0.25, 0.3) is 0 Å². The molecule has 0 atom stereocenters. The van der Waals surface area contributed by atoms with Crippen LogP contribution in [0.3, 0.4) is 0 Å². The highest BCUT2D eigenvalue weighted by atomic mass is 35.5. The van der Waals surface area contributed by atoms with Gasteiger partial charge in [0.15, 0.2) is 0 Å². The molecule has 0 spiro atoms. The van der Waals surface area contributed by atoms with E-state index in [4.69, 9.17) is 26.2 Å². The van der Waals surface area contributed by atoms with Crippen LogP contribution >= 0.6 is 11.6 Å². The third-order valence-corrected chi connectivity index (χ3v) is 3.37. The van der Waals surface area contributed by atoms with E-state index in [9.17, 15) is 0 Å². The van der Waals surface area contributed by atoms with Gasteiger partial charge in [-0.05, 0) is 37.5 Å². The van der Waals surface area contributed by atoms with Gasteiger partial charge in [0, 0.05) is 37.4 Å². The Morgan fingerprint density at radius 2 is 1.95 bits per heavy atom. The maximum Gasteiger partial charge on any atom is 0.123 e. The zero-order chi connectivity index (χ0) is 15.3. The first-order valence-corrected chi connectivity index (χ1v) is 7.87. The predicted octanol–water partition coefficient (Wildman–Crippen LogP) is 3.01. The average Bonchev–Trinajstić information content (AvgIpc) is 2.49. The summed E-state index contributed by atoms with van der Waals surface area (Å²) in [5, 5.41) is 12.7. The number of methoxy groups -OCH3 is 1. The van der Waals surface area contributed by atoms with Crippen molar-refractivity contribution in [3.63, 3.8) is 0 Å². The maximum atomic E-state index is 8.72. The minimum Gasteiger partial charge on any atom is -0.493 e. The second-order valence-electron chi connectivity index (χ2n) is 4.91. The Morgan fingerprint density at radius 3 is 2.71 bits per heavy atom. The van der Waals surface area contributed by atoms with Gasteiger partial charge in [-0.2, -0.15) is 0 Å². The molecule has 1 aromatic carbocycles. The molecule has 0 aliphatic rings. The second kappa shape index (κ2) is 11.8. The molecule has 120 valence electrons. The van der Waals surface area contributed by atoms with Crippen LogP contribution in [0.5, 0.6) is 5.75 Å². The van der Waals surface area contributed by atoms with Crippen molar-refractivity contribution < 1.29 is 14.6 Å². The summed E-state index contributed by atoms with van der Waals surface area (Å²) in [5.74, 6) is 0.881. The van der Waals surface area contributed by atoms with Gasteiger partial charge >= 0.3 is 0 Å². The summed E-state index contributed by atoms with van der Waals surface area (Å²) in [6.45, 7) is 3.16. The number of ether oxygens (including phenoxy) is 2. The van der Waals surface area contributed by atoms with Gasteiger partial charge in [0.2, 0.25) is 0 Å². The monoisotopic (exact) mass is 315 g/mol. The van der Waals surface area contributed by atoms with Gasteiger partial charge in [-0.25, -0.2) is 0 Å². The molecule has 0 heterocycles. The number of halogens is 1. The topological polar surface area (TPSA) is 50.7 Å². The Hall–Kier alpha value is -0.810. The van der Waals surface area contributed by atoms with Crippen molar-refractivity contribution in [2.45, 2.75) is 32.2 Å². The number of benzene rings is 1. The third kappa shape index (κ3) is 8.27. The van der Waals surface area contributed by atoms with Crippen molar-refractivity contribution in [2.75, 3.05) is 33.5 Å². The van der Waals surface area contributed by atoms with Crippen molar-refractivity contribution in [1.82, 2.24) is 5.32 Å². The molecule has 5 heteroatoms. The number of aliphatic hydroxyl groups excluding tert-OH is 1. The van der Waals surface area contributed by atoms with E-state index in [0.717, 1.165) is 43.5 Å². The molecule has 21 heavy (non-hydrogen) atoms. The smallest absolute Gasteiger partial charge is 0.123 e. The molecule has 0 aliphatic carbocycles. The van der Waals surface area contributed by atoms with Crippen molar-refractivity contribution in [1.29, 1.82) is 0 Å². The molecule has 4 nitrogen and oxygen atoms in total. The quantitative estimate of drug-likeness (QED) is 0.582. The summed E-state index contributed by atoms with van der Waals surface area (Å²) < 4.78 is 10.8. The molecule has 1 rings (SSSR count). The summed E-state index contributed by atoms with van der Waals surface area (Å²) >= 11 is 6.04. The van der Waals surface area contributed by atoms with Gasteiger partial charge in [0.05, 0.1) is 13.2 Å². The zero-order valence-corrected chi connectivity index (χ0v) is 13.5. The Morgan fingerprint density at radius 1 is 1.14 bits per heavy atom. The highest BCUT2D eigenvalue weighted by Crippen LogP contribution is 2.23. The van der Waals surface area contributed by atoms with Crippen LogP contribution in [-0.2, 0) is 11.3 Å². The standard InChI is InChI=1S/C16H26ClNO3/c1-20-11-8-18-13-14-12-15(17)6-7-16(14)21-10-5-3-2-4-9-19/h6-7,12,18-19H,2-5,8-11,13H2,1H3. The van der Waals surface area contributed by atoms with Gasteiger partial charge in [-0.1, -0.05) is 18.0 Å². The summed E-state index contributed by atoms with van der Waals surface area (Å²) in [6, 6.07) is 5.70. The van der Waals surface area contributed by atoms with Gasteiger partial charge in [-0.15, -0.1) is 0 Å². The van der Waals surface area contributed by atoms with Crippen LogP contribution in [-0.4, -0.2) is 38.6 Å². The van der Waals surface area contributed by atoms with E-state index in [1.54, 1.807) is 7.11 Å². The fraction of sp³-hybridized carbons (Fsp3) is 0.625. The summed E-state index contributed by atoms with van der Waals surface area (Å²) in [5.41, 5.74) is 1.06. The van der Waals surface area contributed by atoms with Gasteiger partial charge in [0.1, 0.15) is 5.75 Å². The maximum absolute atomic E-state index is 8.72. The molecule has 1 aromatic rings. The molecule has 0 saturated heterocycles. The Balaban J connectivity index is 2.37. The third-order valence-electron chi connectivity index (χ3n) is 3.13. The fourth-order valence-electron chi connectivity index (χ4n) is 1.97. The van der Waals surface area contributed by atoms with Crippen LogP contribution in [0.15, 0.2) is 18.2 Å². The summed E-state index contributed by atoms with van der Waals surface area (Å²) in [7, 11) is 1.69. The van der Waals surface area contributed by atoms with Crippen LogP contribution in [0.2, 0.25) is 5.02 Å². The lowest BCUT2D eigenvalue weighted by Gasteiger charge is -2.13. The Kier molecular flexibility index (Phi) is 10.3. The Labute approximate surface area is 132 Å². The number of unbranched alkanes of at least 4 members (excludes halogenated alkanes) is 3. The van der Waals surface area contributed by atoms with E-state index < -0.39 is 0 Å². The molecule has 0 unspecified atom stereocenters. The van der Waals surface area contributed by atoms with Crippen LogP contribution in [0.25, 0.3) is 0 Å². The first kappa shape index (κ1) is 18.2. The van der Waals surface area contributed by atoms with E-state index in [1.165, 1.54) is 0 Å². The highest BCUT2D eigenvalue weighted by molar-refractivity contribution is 6.30. The lowest BCUT2D eigenvalue weighted by atomic mass is 10.2. The van der Waals surface area contributed by atoms with E-state index >= 15 is 0 Å². The largest absolute Gasteiger partial charge is 0.493 e. The van der Waals surface area contributed by atoms with Crippen LogP contribution in [0, 0.1) is 0 Å². The van der Waals surface area contributed by atoms with E-state index in [0.29, 0.717) is 24.8 Å². The lowest BCUT2D eigenvalue weighted by Crippen LogP contribution is -2.19. The average molecular weight is 316 g/mol. The minimum atomic E-state index is 0.273. The Bertz CT molecular complexity index is 388. The molecule has 0 fully saturated rings. The van der Waals surface area contributed by atoms with E-state index in [-0.39, 0.29) is 6.61 Å². The number of hydrogen-bond donors (Lipinski definition) is 2. The SMILES string of the molecule is COCCNCc1cc(Cl)ccc1OCCCCCCO. The van der Waals surface area contributed by atoms with Gasteiger partial charge < -0.3 is 19.9 Å². The van der Waals surface area contributed by atoms with Crippen LogP contribution in [0.1, 0.15) is 31.2 Å². The lowest BCUT2D eigenvalue weighted by molar-refractivity contribution is 0.199. The summed E-state index contributed by atoms with van der Waals surface area (Å²) in [6.07, 6.45) is 4.00. The first-order valence-electron chi connectivity index (χ1n) is 7.49. The zero-order valence-electron chi connectivity index (χ0n) is 12.7. The normalized spacial score (nSPS) is 10.8. The molecule has 2 N–H and O–H groups in total. The number of nitrogens with one attached hydrogen (secondary N) is 1. The first-order chi connectivity index (χ1) is 10.3. The molecule has 0 saturated carbocycles. The van der Waals surface area contributed by atoms with Crippen LogP contribution < -0.4 is 10.1 Å². The van der Waals surface area contributed by atoms with Gasteiger partial charge in [-0.3, -0.25) is 0 Å². The molecule has 0 amide bonds. The second-order valence-corrected chi connectivity index (χ2v) is 5.34.